The number of carboxylic acid groups (broad SMARTS) is 1. The molecule has 1 aromatic rings. The summed E-state index contributed by atoms with van der Waals surface area (Å²) >= 11 is 5.80. The van der Waals surface area contributed by atoms with Gasteiger partial charge in [0.15, 0.2) is 0 Å². The molecule has 0 unspecified atom stereocenters. The van der Waals surface area contributed by atoms with Crippen molar-refractivity contribution in [2.45, 2.75) is 23.3 Å². The molecule has 114 valence electrons. The molecular weight excluding hydrogens is 318 g/mol. The maximum atomic E-state index is 12.4. The van der Waals surface area contributed by atoms with E-state index >= 15 is 0 Å². The van der Waals surface area contributed by atoms with Gasteiger partial charge in [-0.05, 0) is 37.0 Å². The van der Waals surface area contributed by atoms with Crippen molar-refractivity contribution in [1.82, 2.24) is 4.31 Å². The quantitative estimate of drug-likeness (QED) is 0.864. The van der Waals surface area contributed by atoms with E-state index in [4.69, 9.17) is 16.7 Å². The minimum Gasteiger partial charge on any atom is -0.478 e. The molecule has 1 saturated heterocycles. The summed E-state index contributed by atoms with van der Waals surface area (Å²) < 4.78 is 26.0. The third-order valence-corrected chi connectivity index (χ3v) is 6.15. The molecule has 1 aliphatic carbocycles. The molecule has 0 aromatic heterocycles. The molecule has 6 nitrogen and oxygen atoms in total. The molecule has 1 aliphatic heterocycles. The molecule has 2 fully saturated rings. The van der Waals surface area contributed by atoms with Gasteiger partial charge >= 0.3 is 5.97 Å². The van der Waals surface area contributed by atoms with E-state index < -0.39 is 21.6 Å². The number of aliphatic hydroxyl groups is 1. The van der Waals surface area contributed by atoms with Crippen LogP contribution in [0, 0.1) is 5.92 Å². The summed E-state index contributed by atoms with van der Waals surface area (Å²) in [5.74, 6) is -1.02. The van der Waals surface area contributed by atoms with Crippen LogP contribution in [0.3, 0.4) is 0 Å². The van der Waals surface area contributed by atoms with Gasteiger partial charge in [-0.15, -0.1) is 0 Å². The molecule has 8 heteroatoms. The Balaban J connectivity index is 1.83. The summed E-state index contributed by atoms with van der Waals surface area (Å²) in [6, 6.07) is 3.53. The van der Waals surface area contributed by atoms with Crippen LogP contribution < -0.4 is 0 Å². The summed E-state index contributed by atoms with van der Waals surface area (Å²) in [6.45, 7) is 0.163. The van der Waals surface area contributed by atoms with E-state index in [0.717, 1.165) is 18.9 Å². The van der Waals surface area contributed by atoms with Gasteiger partial charge in [0, 0.05) is 13.1 Å². The van der Waals surface area contributed by atoms with Gasteiger partial charge in [0.25, 0.3) is 0 Å². The average Bonchev–Trinajstić information content (AvgIpc) is 3.18. The summed E-state index contributed by atoms with van der Waals surface area (Å²) in [5.41, 5.74) is -1.05. The molecule has 0 atom stereocenters. The number of hydrogen-bond donors (Lipinski definition) is 2. The van der Waals surface area contributed by atoms with Gasteiger partial charge in [-0.1, -0.05) is 11.6 Å². The Morgan fingerprint density at radius 3 is 2.43 bits per heavy atom. The normalized spacial score (nSPS) is 21.8. The number of nitrogens with zero attached hydrogens (tertiary/aromatic N) is 1. The second-order valence-electron chi connectivity index (χ2n) is 5.60. The van der Waals surface area contributed by atoms with E-state index in [1.165, 1.54) is 16.4 Å². The summed E-state index contributed by atoms with van der Waals surface area (Å²) in [5, 5.41) is 19.0. The van der Waals surface area contributed by atoms with E-state index in [-0.39, 0.29) is 34.5 Å². The van der Waals surface area contributed by atoms with Gasteiger partial charge in [-0.2, -0.15) is 4.31 Å². The first-order valence-corrected chi connectivity index (χ1v) is 8.31. The lowest BCUT2D eigenvalue weighted by Crippen LogP contribution is -2.64. The first-order chi connectivity index (χ1) is 9.74. The molecule has 2 N–H and O–H groups in total. The number of aromatic carboxylic acids is 1. The molecule has 0 amide bonds. The molecule has 21 heavy (non-hydrogen) atoms. The van der Waals surface area contributed by atoms with Gasteiger partial charge < -0.3 is 10.2 Å². The van der Waals surface area contributed by atoms with Crippen LogP contribution >= 0.6 is 11.6 Å². The largest absolute Gasteiger partial charge is 0.478 e. The Bertz CT molecular complexity index is 707. The molecule has 1 heterocycles. The minimum atomic E-state index is -3.75. The number of carboxylic acids is 1. The zero-order valence-corrected chi connectivity index (χ0v) is 12.6. The topological polar surface area (TPSA) is 94.9 Å². The second-order valence-corrected chi connectivity index (χ2v) is 7.94. The first-order valence-electron chi connectivity index (χ1n) is 6.49. The van der Waals surface area contributed by atoms with Crippen molar-refractivity contribution in [2.24, 2.45) is 5.92 Å². The predicted octanol–water partition coefficient (Wildman–Crippen LogP) is 1.18. The second kappa shape index (κ2) is 4.67. The molecule has 1 aromatic carbocycles. The number of halogens is 1. The van der Waals surface area contributed by atoms with Gasteiger partial charge in [0.05, 0.1) is 21.1 Å². The first kappa shape index (κ1) is 14.8. The molecule has 0 bridgehead atoms. The lowest BCUT2D eigenvalue weighted by Gasteiger charge is -2.45. The van der Waals surface area contributed by atoms with Crippen LogP contribution in [0.15, 0.2) is 23.1 Å². The monoisotopic (exact) mass is 331 g/mol. The van der Waals surface area contributed by atoms with E-state index in [2.05, 4.69) is 0 Å². The van der Waals surface area contributed by atoms with Crippen molar-refractivity contribution < 1.29 is 23.4 Å². The number of sulfonamides is 1. The molecule has 0 radical (unpaired) electrons. The van der Waals surface area contributed by atoms with E-state index in [1.54, 1.807) is 0 Å². The molecule has 3 rings (SSSR count). The highest BCUT2D eigenvalue weighted by molar-refractivity contribution is 7.89. The number of β-amino-alcohol motifs (C(OH)–C–C–N with tert-alkyl or cyclic N) is 1. The smallest absolute Gasteiger partial charge is 0.337 e. The van der Waals surface area contributed by atoms with Crippen molar-refractivity contribution in [1.29, 1.82) is 0 Å². The van der Waals surface area contributed by atoms with Gasteiger partial charge in [0.1, 0.15) is 0 Å². The van der Waals surface area contributed by atoms with Crippen molar-refractivity contribution in [2.75, 3.05) is 13.1 Å². The van der Waals surface area contributed by atoms with Gasteiger partial charge in [-0.25, -0.2) is 13.2 Å². The minimum absolute atomic E-state index is 0.0599. The highest BCUT2D eigenvalue weighted by Gasteiger charge is 2.55. The van der Waals surface area contributed by atoms with Gasteiger partial charge in [0.2, 0.25) is 10.0 Å². The maximum absolute atomic E-state index is 12.4. The standard InChI is InChI=1S/C13H14ClNO5S/c14-11-5-9(3-4-10(11)12(16)17)21(19,20)15-6-13(18,7-15)8-1-2-8/h3-5,8,18H,1-2,6-7H2,(H,16,17). The van der Waals surface area contributed by atoms with Crippen LogP contribution in [0.1, 0.15) is 23.2 Å². The van der Waals surface area contributed by atoms with Crippen molar-refractivity contribution >= 4 is 27.6 Å². The SMILES string of the molecule is O=C(O)c1ccc(S(=O)(=O)N2CC(O)(C3CC3)C2)cc1Cl. The summed E-state index contributed by atoms with van der Waals surface area (Å²) in [7, 11) is -3.75. The number of rotatable bonds is 4. The van der Waals surface area contributed by atoms with E-state index in [1.807, 2.05) is 0 Å². The van der Waals surface area contributed by atoms with Crippen LogP contribution in [0.25, 0.3) is 0 Å². The zero-order valence-electron chi connectivity index (χ0n) is 11.0. The van der Waals surface area contributed by atoms with Crippen LogP contribution in [-0.4, -0.2) is 47.6 Å². The Hall–Kier alpha value is -1.15. The van der Waals surface area contributed by atoms with Crippen LogP contribution in [-0.2, 0) is 10.0 Å². The highest BCUT2D eigenvalue weighted by Crippen LogP contribution is 2.45. The fraction of sp³-hybridized carbons (Fsp3) is 0.462. The van der Waals surface area contributed by atoms with E-state index in [9.17, 15) is 18.3 Å². The van der Waals surface area contributed by atoms with Crippen LogP contribution in [0.4, 0.5) is 0 Å². The fourth-order valence-electron chi connectivity index (χ4n) is 2.59. The molecular formula is C13H14ClNO5S. The number of carbonyl (C=O) groups is 1. The van der Waals surface area contributed by atoms with Gasteiger partial charge in [-0.3, -0.25) is 0 Å². The third kappa shape index (κ3) is 2.44. The molecule has 0 spiro atoms. The fourth-order valence-corrected chi connectivity index (χ4v) is 4.51. The Kier molecular flexibility index (Phi) is 3.29. The molecule has 1 saturated carbocycles. The zero-order chi connectivity index (χ0) is 15.4. The van der Waals surface area contributed by atoms with Crippen LogP contribution in [0.2, 0.25) is 5.02 Å². The Morgan fingerprint density at radius 1 is 1.33 bits per heavy atom. The predicted molar refractivity (Wildman–Crippen MR) is 74.8 cm³/mol. The van der Waals surface area contributed by atoms with Crippen molar-refractivity contribution in [3.63, 3.8) is 0 Å². The Morgan fingerprint density at radius 2 is 1.95 bits per heavy atom. The molecule has 2 aliphatic rings. The van der Waals surface area contributed by atoms with E-state index in [0.29, 0.717) is 0 Å². The summed E-state index contributed by atoms with van der Waals surface area (Å²) in [4.78, 5) is 10.8. The maximum Gasteiger partial charge on any atom is 0.337 e. The highest BCUT2D eigenvalue weighted by atomic mass is 35.5. The van der Waals surface area contributed by atoms with Crippen molar-refractivity contribution in [3.8, 4) is 0 Å². The lowest BCUT2D eigenvalue weighted by atomic mass is 9.91. The average molecular weight is 332 g/mol. The summed E-state index contributed by atoms with van der Waals surface area (Å²) in [6.07, 6.45) is 1.87. The number of benzene rings is 1. The lowest BCUT2D eigenvalue weighted by molar-refractivity contribution is -0.0764. The number of hydrogen-bond acceptors (Lipinski definition) is 4. The van der Waals surface area contributed by atoms with Crippen molar-refractivity contribution in [3.05, 3.63) is 28.8 Å². The van der Waals surface area contributed by atoms with Crippen LogP contribution in [0.5, 0.6) is 0 Å². The third-order valence-electron chi connectivity index (χ3n) is 4.05. The Labute approximate surface area is 127 Å².